The highest BCUT2D eigenvalue weighted by Crippen LogP contribution is 2.27. The summed E-state index contributed by atoms with van der Waals surface area (Å²) in [6.45, 7) is 0.822. The monoisotopic (exact) mass is 328 g/mol. The summed E-state index contributed by atoms with van der Waals surface area (Å²) in [5.74, 6) is -0.269. The van der Waals surface area contributed by atoms with Gasteiger partial charge in [-0.2, -0.15) is 0 Å². The maximum Gasteiger partial charge on any atom is 0.253 e. The minimum absolute atomic E-state index is 0.0300. The van der Waals surface area contributed by atoms with E-state index >= 15 is 0 Å². The van der Waals surface area contributed by atoms with Gasteiger partial charge < -0.3 is 15.3 Å². The van der Waals surface area contributed by atoms with E-state index in [2.05, 4.69) is 17.5 Å². The highest BCUT2D eigenvalue weighted by molar-refractivity contribution is 5.95. The zero-order valence-electron chi connectivity index (χ0n) is 14.0. The highest BCUT2D eigenvalue weighted by atomic mass is 16.3. The molecule has 2 N–H and O–H groups in total. The van der Waals surface area contributed by atoms with Crippen LogP contribution in [0.1, 0.15) is 47.2 Å². The minimum atomic E-state index is -1.13. The van der Waals surface area contributed by atoms with Crippen LogP contribution in [0.15, 0.2) is 24.3 Å². The number of nitrogens with one attached hydrogen (secondary N) is 1. The molecule has 1 aliphatic carbocycles. The third-order valence-corrected chi connectivity index (χ3v) is 4.88. The molecule has 1 aromatic carbocycles. The lowest BCUT2D eigenvalue weighted by atomic mass is 9.88. The van der Waals surface area contributed by atoms with Gasteiger partial charge in [-0.05, 0) is 48.9 Å². The number of piperidine rings is 1. The summed E-state index contributed by atoms with van der Waals surface area (Å²) in [5, 5.41) is 13.2. The molecule has 1 aromatic rings. The smallest absolute Gasteiger partial charge is 0.253 e. The molecule has 3 rings (SSSR count). The van der Waals surface area contributed by atoms with Gasteiger partial charge >= 0.3 is 0 Å². The second-order valence-corrected chi connectivity index (χ2v) is 6.76. The maximum absolute atomic E-state index is 12.8. The maximum atomic E-state index is 12.8. The fraction of sp³-hybridized carbons (Fsp3) is 0.474. The van der Waals surface area contributed by atoms with E-state index in [1.54, 1.807) is 11.9 Å². The van der Waals surface area contributed by atoms with E-state index in [9.17, 15) is 14.7 Å². The summed E-state index contributed by atoms with van der Waals surface area (Å²) >= 11 is 0. The molecule has 1 fully saturated rings. The largest absolute Gasteiger partial charge is 0.388 e. The van der Waals surface area contributed by atoms with Crippen LogP contribution in [-0.2, 0) is 11.2 Å². The molecule has 0 bridgehead atoms. The Kier molecular flexibility index (Phi) is 4.71. The predicted molar refractivity (Wildman–Crippen MR) is 92.6 cm³/mol. The SMILES string of the molecule is CNC(=O)CC1(O)CCCN(C(=O)c2ccc3c(c2)CCC=C3)C1. The molecule has 0 radical (unpaired) electrons. The molecule has 128 valence electrons. The molecule has 24 heavy (non-hydrogen) atoms. The quantitative estimate of drug-likeness (QED) is 0.888. The number of amides is 2. The Morgan fingerprint density at radius 2 is 2.21 bits per heavy atom. The van der Waals surface area contributed by atoms with Crippen LogP contribution in [0, 0.1) is 0 Å². The Balaban J connectivity index is 1.75. The van der Waals surface area contributed by atoms with E-state index < -0.39 is 5.60 Å². The van der Waals surface area contributed by atoms with Crippen molar-refractivity contribution >= 4 is 17.9 Å². The topological polar surface area (TPSA) is 69.6 Å². The molecule has 2 aliphatic rings. The number of carbonyl (C=O) groups is 2. The van der Waals surface area contributed by atoms with Crippen molar-refractivity contribution in [2.45, 2.75) is 37.7 Å². The van der Waals surface area contributed by atoms with Gasteiger partial charge in [0.15, 0.2) is 0 Å². The normalized spacial score (nSPS) is 22.8. The van der Waals surface area contributed by atoms with Gasteiger partial charge in [-0.15, -0.1) is 0 Å². The van der Waals surface area contributed by atoms with E-state index in [1.165, 1.54) is 11.1 Å². The van der Waals surface area contributed by atoms with Gasteiger partial charge in [0.25, 0.3) is 5.91 Å². The van der Waals surface area contributed by atoms with E-state index in [0.29, 0.717) is 24.9 Å². The summed E-state index contributed by atoms with van der Waals surface area (Å²) in [5.41, 5.74) is 1.90. The summed E-state index contributed by atoms with van der Waals surface area (Å²) in [6.07, 6.45) is 7.46. The van der Waals surface area contributed by atoms with Crippen LogP contribution in [0.2, 0.25) is 0 Å². The van der Waals surface area contributed by atoms with Crippen molar-refractivity contribution in [2.75, 3.05) is 20.1 Å². The van der Waals surface area contributed by atoms with E-state index in [1.807, 2.05) is 18.2 Å². The average molecular weight is 328 g/mol. The molecule has 1 heterocycles. The molecular weight excluding hydrogens is 304 g/mol. The number of aliphatic hydroxyl groups is 1. The van der Waals surface area contributed by atoms with Gasteiger partial charge in [0.05, 0.1) is 18.6 Å². The molecule has 1 aliphatic heterocycles. The number of likely N-dealkylation sites (tertiary alicyclic amines) is 1. The zero-order chi connectivity index (χ0) is 17.2. The molecule has 2 amide bonds. The highest BCUT2D eigenvalue weighted by Gasteiger charge is 2.37. The summed E-state index contributed by atoms with van der Waals surface area (Å²) < 4.78 is 0. The van der Waals surface area contributed by atoms with Crippen LogP contribution in [0.4, 0.5) is 0 Å². The van der Waals surface area contributed by atoms with E-state index in [0.717, 1.165) is 12.8 Å². The lowest BCUT2D eigenvalue weighted by Gasteiger charge is -2.39. The van der Waals surface area contributed by atoms with Crippen LogP contribution in [-0.4, -0.2) is 47.6 Å². The number of fused-ring (bicyclic) bond motifs is 1. The molecule has 0 spiro atoms. The number of nitrogens with zero attached hydrogens (tertiary/aromatic N) is 1. The fourth-order valence-corrected chi connectivity index (χ4v) is 3.57. The summed E-state index contributed by atoms with van der Waals surface area (Å²) in [7, 11) is 1.55. The molecule has 5 heteroatoms. The van der Waals surface area contributed by atoms with Crippen molar-refractivity contribution in [3.05, 3.63) is 41.0 Å². The number of β-amino-alcohol motifs (C(OH)–C–C–N with tert-alkyl or cyclic N) is 1. The number of allylic oxidation sites excluding steroid dienone is 1. The molecule has 0 saturated carbocycles. The number of carbonyl (C=O) groups excluding carboxylic acids is 2. The molecule has 0 aromatic heterocycles. The summed E-state index contributed by atoms with van der Waals surface area (Å²) in [6, 6.07) is 5.80. The molecule has 1 saturated heterocycles. The molecule has 5 nitrogen and oxygen atoms in total. The molecule has 1 atom stereocenters. The minimum Gasteiger partial charge on any atom is -0.388 e. The Morgan fingerprint density at radius 3 is 3.00 bits per heavy atom. The first-order valence-corrected chi connectivity index (χ1v) is 8.52. The predicted octanol–water partition coefficient (Wildman–Crippen LogP) is 1.75. The molecular formula is C19H24N2O3. The number of aryl methyl sites for hydroxylation is 1. The number of benzene rings is 1. The van der Waals surface area contributed by atoms with Gasteiger partial charge in [-0.1, -0.05) is 18.2 Å². The lowest BCUT2D eigenvalue weighted by Crippen LogP contribution is -2.52. The van der Waals surface area contributed by atoms with E-state index in [-0.39, 0.29) is 24.8 Å². The zero-order valence-corrected chi connectivity index (χ0v) is 14.0. The fourth-order valence-electron chi connectivity index (χ4n) is 3.57. The standard InChI is InChI=1S/C19H24N2O3/c1-20-17(22)12-19(24)9-4-10-21(13-19)18(23)16-8-7-14-5-2-3-6-15(14)11-16/h2,5,7-8,11,24H,3-4,6,9-10,12-13H2,1H3,(H,20,22). The number of hydrogen-bond donors (Lipinski definition) is 2. The first-order valence-electron chi connectivity index (χ1n) is 8.52. The second-order valence-electron chi connectivity index (χ2n) is 6.76. The van der Waals surface area contributed by atoms with Crippen molar-refractivity contribution in [3.8, 4) is 0 Å². The Hall–Kier alpha value is -2.14. The van der Waals surface area contributed by atoms with Gasteiger partial charge in [-0.25, -0.2) is 0 Å². The van der Waals surface area contributed by atoms with Gasteiger partial charge in [-0.3, -0.25) is 9.59 Å². The number of hydrogen-bond acceptors (Lipinski definition) is 3. The van der Waals surface area contributed by atoms with Crippen LogP contribution in [0.3, 0.4) is 0 Å². The molecule has 1 unspecified atom stereocenters. The van der Waals surface area contributed by atoms with Gasteiger partial charge in [0.2, 0.25) is 5.91 Å². The van der Waals surface area contributed by atoms with Gasteiger partial charge in [0.1, 0.15) is 0 Å². The van der Waals surface area contributed by atoms with Crippen molar-refractivity contribution in [1.82, 2.24) is 10.2 Å². The van der Waals surface area contributed by atoms with Crippen molar-refractivity contribution < 1.29 is 14.7 Å². The van der Waals surface area contributed by atoms with Crippen molar-refractivity contribution in [3.63, 3.8) is 0 Å². The van der Waals surface area contributed by atoms with Crippen LogP contribution in [0.5, 0.6) is 0 Å². The third kappa shape index (κ3) is 3.51. The van der Waals surface area contributed by atoms with Crippen LogP contribution in [0.25, 0.3) is 6.08 Å². The third-order valence-electron chi connectivity index (χ3n) is 4.88. The lowest BCUT2D eigenvalue weighted by molar-refractivity contribution is -0.127. The van der Waals surface area contributed by atoms with Crippen LogP contribution >= 0.6 is 0 Å². The van der Waals surface area contributed by atoms with Crippen molar-refractivity contribution in [1.29, 1.82) is 0 Å². The van der Waals surface area contributed by atoms with Crippen LogP contribution < -0.4 is 5.32 Å². The summed E-state index contributed by atoms with van der Waals surface area (Å²) in [4.78, 5) is 26.1. The second kappa shape index (κ2) is 6.77. The Morgan fingerprint density at radius 1 is 1.38 bits per heavy atom. The Bertz CT molecular complexity index is 683. The Labute approximate surface area is 142 Å². The average Bonchev–Trinajstić information content (AvgIpc) is 2.60. The van der Waals surface area contributed by atoms with E-state index in [4.69, 9.17) is 0 Å². The first kappa shape index (κ1) is 16.7. The first-order chi connectivity index (χ1) is 11.5. The van der Waals surface area contributed by atoms with Crippen molar-refractivity contribution in [2.24, 2.45) is 0 Å². The van der Waals surface area contributed by atoms with Gasteiger partial charge in [0, 0.05) is 19.2 Å². The number of rotatable bonds is 3.